The molecular formula is C40H47Cl4N15O10. The summed E-state index contributed by atoms with van der Waals surface area (Å²) < 4.78 is 9.05. The summed E-state index contributed by atoms with van der Waals surface area (Å²) in [6.45, 7) is -1.31. The number of carbonyl (C=O) groups is 4. The van der Waals surface area contributed by atoms with Crippen LogP contribution in [0.2, 0.25) is 20.1 Å². The normalized spacial score (nSPS) is 11.4. The van der Waals surface area contributed by atoms with Crippen molar-refractivity contribution in [3.63, 3.8) is 0 Å². The highest BCUT2D eigenvalue weighted by Gasteiger charge is 2.17. The molecule has 0 radical (unpaired) electrons. The van der Waals surface area contributed by atoms with Crippen LogP contribution in [-0.2, 0) is 41.5 Å². The Morgan fingerprint density at radius 2 is 1.16 bits per heavy atom. The Bertz CT molecular complexity index is 2640. The molecule has 2 atom stereocenters. The Balaban J connectivity index is 0.000000271. The third-order valence-corrected chi connectivity index (χ3v) is 10.1. The summed E-state index contributed by atoms with van der Waals surface area (Å²) in [5, 5.41) is 63.4. The fraction of sp³-hybridized carbons (Fsp3) is 0.300. The summed E-state index contributed by atoms with van der Waals surface area (Å²) >= 11 is 24.3. The Kier molecular flexibility index (Phi) is 24.0. The number of nitrogens with two attached hydrogens (primary N) is 5. The van der Waals surface area contributed by atoms with Crippen LogP contribution in [0, 0.1) is 0 Å². The van der Waals surface area contributed by atoms with Gasteiger partial charge in [-0.1, -0.05) is 87.6 Å². The van der Waals surface area contributed by atoms with Gasteiger partial charge in [0.25, 0.3) is 0 Å². The molecule has 0 saturated heterocycles. The first-order valence-electron chi connectivity index (χ1n) is 19.9. The summed E-state index contributed by atoms with van der Waals surface area (Å²) in [6.07, 6.45) is 0.0176. The smallest absolute Gasteiger partial charge is 0.329 e. The van der Waals surface area contributed by atoms with Gasteiger partial charge in [0.15, 0.2) is 23.3 Å². The van der Waals surface area contributed by atoms with Crippen LogP contribution < -0.4 is 34.0 Å². The van der Waals surface area contributed by atoms with Crippen molar-refractivity contribution in [1.82, 2.24) is 50.8 Å². The first-order valence-corrected chi connectivity index (χ1v) is 21.5. The molecule has 69 heavy (non-hydrogen) atoms. The van der Waals surface area contributed by atoms with Gasteiger partial charge in [0.2, 0.25) is 17.7 Å². The van der Waals surface area contributed by atoms with E-state index in [0.717, 1.165) is 4.85 Å². The van der Waals surface area contributed by atoms with Crippen LogP contribution >= 0.6 is 46.4 Å². The number of anilines is 2. The van der Waals surface area contributed by atoms with E-state index in [1.54, 1.807) is 48.5 Å². The number of aromatic nitrogens is 9. The Morgan fingerprint density at radius 1 is 0.667 bits per heavy atom. The number of carbonyl (C=O) groups excluding carboxylic acids is 3. The third-order valence-electron chi connectivity index (χ3n) is 8.42. The highest BCUT2D eigenvalue weighted by atomic mass is 35.5. The minimum absolute atomic E-state index is 0.00210. The number of ether oxygens (including phenoxy) is 2. The predicted octanol–water partition coefficient (Wildman–Crippen LogP) is 1.26. The Morgan fingerprint density at radius 3 is 1.62 bits per heavy atom. The molecule has 15 N–H and O–H groups in total. The number of aliphatic hydroxyl groups is 2. The zero-order valence-corrected chi connectivity index (χ0v) is 39.2. The molecule has 0 aliphatic heterocycles. The average molecular weight is 1040 g/mol. The van der Waals surface area contributed by atoms with Crippen molar-refractivity contribution in [3.05, 3.63) is 92.4 Å². The van der Waals surface area contributed by atoms with Crippen molar-refractivity contribution < 1.29 is 49.2 Å². The molecule has 29 heteroatoms. The number of carboxylic acids is 1. The van der Waals surface area contributed by atoms with E-state index >= 15 is 0 Å². The van der Waals surface area contributed by atoms with E-state index in [1.807, 2.05) is 12.1 Å². The van der Waals surface area contributed by atoms with Gasteiger partial charge in [0.1, 0.15) is 48.8 Å². The van der Waals surface area contributed by atoms with Crippen LogP contribution in [0.4, 0.5) is 11.6 Å². The summed E-state index contributed by atoms with van der Waals surface area (Å²) in [5.74, 6) is -1.81. The van der Waals surface area contributed by atoms with Gasteiger partial charge in [-0.2, -0.15) is 0 Å². The fourth-order valence-electron chi connectivity index (χ4n) is 5.15. The van der Waals surface area contributed by atoms with Crippen LogP contribution in [-0.4, -0.2) is 141 Å². The molecule has 25 nitrogen and oxygen atoms in total. The molecule has 0 spiro atoms. The number of hydrogen-bond donors (Lipinski definition) is 10. The zero-order valence-electron chi connectivity index (χ0n) is 36.2. The van der Waals surface area contributed by atoms with Crippen molar-refractivity contribution in [3.8, 4) is 22.5 Å². The molecule has 3 amide bonds. The molecule has 3 aromatic heterocycles. The molecule has 6 aromatic rings. The lowest BCUT2D eigenvalue weighted by molar-refractivity contribution is -0.143. The quantitative estimate of drug-likeness (QED) is 0.0510. The number of benzene rings is 3. The molecule has 0 bridgehead atoms. The molecule has 370 valence electrons. The highest BCUT2D eigenvalue weighted by molar-refractivity contribution is 6.44. The SMILES string of the molecule is NC(=O)COCC(=O)NCC(O)CCc1nnc(-c2cccc(Cl)c2Cl)c(N)n1.NC(=O)COCC(=O)O.NCC(O)CCc1nnc(-c2cccc(Cl)c2Cl)c(N)n1.On1nnc2ccccc21. The van der Waals surface area contributed by atoms with Crippen molar-refractivity contribution in [2.45, 2.75) is 37.9 Å². The number of aliphatic carboxylic acids is 1. The number of nitrogens with one attached hydrogen (secondary N) is 1. The number of hydrogen-bond acceptors (Lipinski definition) is 20. The van der Waals surface area contributed by atoms with Crippen LogP contribution in [0.5, 0.6) is 0 Å². The molecule has 0 fully saturated rings. The van der Waals surface area contributed by atoms with Gasteiger partial charge in [-0.15, -0.1) is 25.5 Å². The Labute approximate surface area is 412 Å². The number of primary amides is 2. The van der Waals surface area contributed by atoms with Gasteiger partial charge >= 0.3 is 5.97 Å². The topological polar surface area (TPSA) is 418 Å². The summed E-state index contributed by atoms with van der Waals surface area (Å²) in [6, 6.07) is 17.4. The fourth-order valence-corrected chi connectivity index (χ4v) is 5.93. The van der Waals surface area contributed by atoms with Gasteiger partial charge < -0.3 is 64.0 Å². The number of halogens is 4. The molecule has 3 heterocycles. The van der Waals surface area contributed by atoms with E-state index < -0.39 is 42.5 Å². The lowest BCUT2D eigenvalue weighted by Crippen LogP contribution is -2.35. The second-order valence-corrected chi connectivity index (χ2v) is 15.4. The van der Waals surface area contributed by atoms with E-state index in [1.165, 1.54) is 0 Å². The number of fused-ring (bicyclic) bond motifs is 1. The zero-order chi connectivity index (χ0) is 51.0. The average Bonchev–Trinajstić information content (AvgIpc) is 3.69. The second-order valence-electron chi connectivity index (χ2n) is 13.8. The van der Waals surface area contributed by atoms with Crippen molar-refractivity contribution in [1.29, 1.82) is 0 Å². The van der Waals surface area contributed by atoms with Crippen LogP contribution in [0.3, 0.4) is 0 Å². The van der Waals surface area contributed by atoms with E-state index in [0.29, 0.717) is 78.1 Å². The first kappa shape index (κ1) is 56.6. The number of nitrogens with zero attached hydrogens (tertiary/aromatic N) is 9. The van der Waals surface area contributed by atoms with E-state index in [2.05, 4.69) is 56.5 Å². The molecule has 0 aliphatic rings. The number of amides is 3. The minimum atomic E-state index is -1.11. The lowest BCUT2D eigenvalue weighted by atomic mass is 10.1. The van der Waals surface area contributed by atoms with E-state index in [4.69, 9.17) is 84.4 Å². The molecule has 6 rings (SSSR count). The molecule has 3 aromatic carbocycles. The van der Waals surface area contributed by atoms with Gasteiger partial charge in [-0.25, -0.2) is 14.8 Å². The van der Waals surface area contributed by atoms with Gasteiger partial charge in [-0.3, -0.25) is 14.4 Å². The van der Waals surface area contributed by atoms with E-state index in [-0.39, 0.29) is 57.4 Å². The van der Waals surface area contributed by atoms with Crippen molar-refractivity contribution >= 4 is 92.8 Å². The van der Waals surface area contributed by atoms with Crippen LogP contribution in [0.25, 0.3) is 33.5 Å². The number of aryl methyl sites for hydroxylation is 2. The summed E-state index contributed by atoms with van der Waals surface area (Å²) in [5.41, 5.74) is 29.8. The maximum atomic E-state index is 11.5. The largest absolute Gasteiger partial charge is 0.480 e. The molecular weight excluding hydrogens is 992 g/mol. The van der Waals surface area contributed by atoms with Crippen molar-refractivity contribution in [2.75, 3.05) is 51.0 Å². The molecule has 2 unspecified atom stereocenters. The number of aliphatic hydroxyl groups excluding tert-OH is 2. The number of para-hydroxylation sites is 1. The first-order chi connectivity index (χ1) is 32.8. The molecule has 0 saturated carbocycles. The summed E-state index contributed by atoms with van der Waals surface area (Å²) in [4.78, 5) is 50.7. The second kappa shape index (κ2) is 29.3. The number of carboxylic acid groups (broad SMARTS) is 1. The lowest BCUT2D eigenvalue weighted by Gasteiger charge is -2.12. The van der Waals surface area contributed by atoms with Crippen molar-refractivity contribution in [2.24, 2.45) is 17.2 Å². The maximum Gasteiger partial charge on any atom is 0.329 e. The minimum Gasteiger partial charge on any atom is -0.480 e. The van der Waals surface area contributed by atoms with Gasteiger partial charge in [0, 0.05) is 37.1 Å². The van der Waals surface area contributed by atoms with Gasteiger partial charge in [-0.05, 0) is 42.3 Å². The third kappa shape index (κ3) is 19.8. The predicted molar refractivity (Wildman–Crippen MR) is 252 cm³/mol. The number of rotatable bonds is 19. The monoisotopic (exact) mass is 1040 g/mol. The number of nitrogen functional groups attached to an aromatic ring is 2. The maximum absolute atomic E-state index is 11.5. The van der Waals surface area contributed by atoms with Crippen LogP contribution in [0.1, 0.15) is 24.5 Å². The standard InChI is InChI=1S/C17H20Cl2N6O4.C13H15Cl2N5O.C6H5N3O.C4H7NO4/c18-11-3-1-2-10(15(11)19)16-17(21)23-13(24-25-16)5-4-9(26)6-22-14(28)8-29-7-12(20)27;14-9-3-1-2-8(11(9)15)12-13(17)18-10(19-20-12)5-4-7(21)6-16;10-9-6-4-2-1-3-5(6)7-8-9;5-3(6)1-9-2-4(7)8/h1-3,9,26H,4-8H2,(H2,20,27)(H,22,28)(H2,21,23,24);1-3,7,21H,4-6,16H2,(H2,17,18,19);1-4,10H;1-2H2,(H2,5,6)(H,7,8). The Hall–Kier alpha value is -6.68. The summed E-state index contributed by atoms with van der Waals surface area (Å²) in [7, 11) is 0. The van der Waals surface area contributed by atoms with E-state index in [9.17, 15) is 29.4 Å². The highest BCUT2D eigenvalue weighted by Crippen LogP contribution is 2.35. The van der Waals surface area contributed by atoms with Gasteiger partial charge in [0.05, 0.1) is 32.3 Å². The van der Waals surface area contributed by atoms with Crippen LogP contribution in [0.15, 0.2) is 60.7 Å². The molecule has 0 aliphatic carbocycles.